The van der Waals surface area contributed by atoms with Crippen LogP contribution < -0.4 is 5.73 Å². The second kappa shape index (κ2) is 4.13. The van der Waals surface area contributed by atoms with Crippen molar-refractivity contribution in [2.75, 3.05) is 0 Å². The van der Waals surface area contributed by atoms with Gasteiger partial charge in [0.1, 0.15) is 0 Å². The van der Waals surface area contributed by atoms with Crippen molar-refractivity contribution in [1.82, 2.24) is 0 Å². The van der Waals surface area contributed by atoms with Crippen LogP contribution >= 0.6 is 23.4 Å². The fourth-order valence-corrected chi connectivity index (χ4v) is 3.30. The summed E-state index contributed by atoms with van der Waals surface area (Å²) in [7, 11) is 0. The van der Waals surface area contributed by atoms with Crippen molar-refractivity contribution in [3.8, 4) is 0 Å². The molecular weight excluding hydrogens is 214 g/mol. The maximum atomic E-state index is 6.16. The van der Waals surface area contributed by atoms with E-state index in [9.17, 15) is 0 Å². The average molecular weight is 228 g/mol. The largest absolute Gasteiger partial charge is 0.324 e. The van der Waals surface area contributed by atoms with Gasteiger partial charge in [0, 0.05) is 22.1 Å². The van der Waals surface area contributed by atoms with Crippen LogP contribution in [0.25, 0.3) is 0 Å². The summed E-state index contributed by atoms with van der Waals surface area (Å²) in [4.78, 5) is 0. The Kier molecular flexibility index (Phi) is 3.05. The van der Waals surface area contributed by atoms with E-state index in [1.165, 1.54) is 11.1 Å². The highest BCUT2D eigenvalue weighted by Gasteiger charge is 2.20. The predicted octanol–water partition coefficient (Wildman–Crippen LogP) is 3.37. The molecular formula is C11H14ClNS. The molecule has 1 aromatic rings. The van der Waals surface area contributed by atoms with Crippen LogP contribution in [0.4, 0.5) is 0 Å². The first-order chi connectivity index (χ1) is 6.68. The molecule has 2 N–H and O–H groups in total. The fourth-order valence-electron chi connectivity index (χ4n) is 1.85. The minimum absolute atomic E-state index is 0.147. The molecule has 14 heavy (non-hydrogen) atoms. The van der Waals surface area contributed by atoms with Gasteiger partial charge in [-0.05, 0) is 23.6 Å². The van der Waals surface area contributed by atoms with Crippen molar-refractivity contribution in [3.63, 3.8) is 0 Å². The Balaban J connectivity index is 2.43. The van der Waals surface area contributed by atoms with Crippen LogP contribution in [0.15, 0.2) is 18.2 Å². The number of fused-ring (bicyclic) bond motifs is 1. The van der Waals surface area contributed by atoms with Gasteiger partial charge in [0.2, 0.25) is 0 Å². The number of nitrogens with two attached hydrogens (primary N) is 1. The van der Waals surface area contributed by atoms with E-state index in [1.807, 2.05) is 23.9 Å². The summed E-state index contributed by atoms with van der Waals surface area (Å²) in [6.45, 7) is 2.23. The molecule has 76 valence electrons. The lowest BCUT2D eigenvalue weighted by Gasteiger charge is -2.13. The molecule has 1 aliphatic heterocycles. The summed E-state index contributed by atoms with van der Waals surface area (Å²) in [5.74, 6) is 0.990. The third kappa shape index (κ3) is 1.92. The Morgan fingerprint density at radius 3 is 3.07 bits per heavy atom. The van der Waals surface area contributed by atoms with Crippen LogP contribution in [0.5, 0.6) is 0 Å². The molecule has 0 radical (unpaired) electrons. The first-order valence-corrected chi connectivity index (χ1v) is 6.25. The SMILES string of the molecule is CC1C[C@H](N)c2cccc(Cl)c2CS1. The number of rotatable bonds is 0. The van der Waals surface area contributed by atoms with Gasteiger partial charge in [-0.3, -0.25) is 0 Å². The maximum absolute atomic E-state index is 6.16. The van der Waals surface area contributed by atoms with Crippen LogP contribution in [0.1, 0.15) is 30.5 Å². The average Bonchev–Trinajstić information content (AvgIpc) is 2.28. The number of halogens is 1. The number of hydrogen-bond donors (Lipinski definition) is 1. The van der Waals surface area contributed by atoms with E-state index in [1.54, 1.807) is 0 Å². The topological polar surface area (TPSA) is 26.0 Å². The zero-order valence-electron chi connectivity index (χ0n) is 8.16. The van der Waals surface area contributed by atoms with Crippen LogP contribution in [0.3, 0.4) is 0 Å². The predicted molar refractivity (Wildman–Crippen MR) is 63.8 cm³/mol. The minimum Gasteiger partial charge on any atom is -0.324 e. The lowest BCUT2D eigenvalue weighted by atomic mass is 9.99. The molecule has 0 amide bonds. The Morgan fingerprint density at radius 1 is 1.50 bits per heavy atom. The zero-order chi connectivity index (χ0) is 10.1. The molecule has 1 aromatic carbocycles. The first-order valence-electron chi connectivity index (χ1n) is 4.83. The van der Waals surface area contributed by atoms with Crippen molar-refractivity contribution in [3.05, 3.63) is 34.3 Å². The van der Waals surface area contributed by atoms with Gasteiger partial charge < -0.3 is 5.73 Å². The number of benzene rings is 1. The zero-order valence-corrected chi connectivity index (χ0v) is 9.74. The summed E-state index contributed by atoms with van der Waals surface area (Å²) in [5, 5.41) is 1.48. The molecule has 1 aliphatic rings. The molecule has 2 atom stereocenters. The summed E-state index contributed by atoms with van der Waals surface area (Å²) in [5.41, 5.74) is 8.60. The molecule has 1 nitrogen and oxygen atoms in total. The third-order valence-electron chi connectivity index (χ3n) is 2.65. The molecule has 0 saturated carbocycles. The second-order valence-corrected chi connectivity index (χ2v) is 5.61. The van der Waals surface area contributed by atoms with Crippen LogP contribution in [-0.4, -0.2) is 5.25 Å². The Hall–Kier alpha value is -0.180. The highest BCUT2D eigenvalue weighted by molar-refractivity contribution is 7.99. The Bertz CT molecular complexity index is 340. The van der Waals surface area contributed by atoms with Gasteiger partial charge in [0.25, 0.3) is 0 Å². The van der Waals surface area contributed by atoms with E-state index in [0.29, 0.717) is 5.25 Å². The maximum Gasteiger partial charge on any atom is 0.0449 e. The lowest BCUT2D eigenvalue weighted by Crippen LogP contribution is -2.14. The third-order valence-corrected chi connectivity index (χ3v) is 4.22. The van der Waals surface area contributed by atoms with E-state index < -0.39 is 0 Å². The summed E-state index contributed by atoms with van der Waals surface area (Å²) in [6.07, 6.45) is 1.04. The normalized spacial score (nSPS) is 26.8. The summed E-state index contributed by atoms with van der Waals surface area (Å²) in [6, 6.07) is 6.18. The lowest BCUT2D eigenvalue weighted by molar-refractivity contribution is 0.651. The van der Waals surface area contributed by atoms with Crippen molar-refractivity contribution in [1.29, 1.82) is 0 Å². The molecule has 2 rings (SSSR count). The quantitative estimate of drug-likeness (QED) is 0.736. The van der Waals surface area contributed by atoms with E-state index >= 15 is 0 Å². The van der Waals surface area contributed by atoms with Crippen molar-refractivity contribution < 1.29 is 0 Å². The molecule has 0 saturated heterocycles. The molecule has 1 heterocycles. The van der Waals surface area contributed by atoms with Gasteiger partial charge in [0.15, 0.2) is 0 Å². The monoisotopic (exact) mass is 227 g/mol. The van der Waals surface area contributed by atoms with E-state index in [-0.39, 0.29) is 6.04 Å². The molecule has 0 spiro atoms. The summed E-state index contributed by atoms with van der Waals surface area (Å²) >= 11 is 8.09. The molecule has 3 heteroatoms. The highest BCUT2D eigenvalue weighted by Crippen LogP contribution is 2.36. The van der Waals surface area contributed by atoms with Gasteiger partial charge in [-0.2, -0.15) is 11.8 Å². The molecule has 1 unspecified atom stereocenters. The van der Waals surface area contributed by atoms with Gasteiger partial charge in [-0.1, -0.05) is 30.7 Å². The number of thioether (sulfide) groups is 1. The fraction of sp³-hybridized carbons (Fsp3) is 0.455. The van der Waals surface area contributed by atoms with E-state index in [2.05, 4.69) is 13.0 Å². The molecule has 0 aliphatic carbocycles. The van der Waals surface area contributed by atoms with Crippen molar-refractivity contribution in [2.24, 2.45) is 5.73 Å². The Labute approximate surface area is 94.0 Å². The smallest absolute Gasteiger partial charge is 0.0449 e. The molecule has 0 fully saturated rings. The minimum atomic E-state index is 0.147. The van der Waals surface area contributed by atoms with Crippen LogP contribution in [0, 0.1) is 0 Å². The Morgan fingerprint density at radius 2 is 2.29 bits per heavy atom. The van der Waals surface area contributed by atoms with Crippen LogP contribution in [-0.2, 0) is 5.75 Å². The van der Waals surface area contributed by atoms with Gasteiger partial charge in [-0.15, -0.1) is 0 Å². The molecule has 0 bridgehead atoms. The van der Waals surface area contributed by atoms with Gasteiger partial charge in [-0.25, -0.2) is 0 Å². The highest BCUT2D eigenvalue weighted by atomic mass is 35.5. The molecule has 0 aromatic heterocycles. The van der Waals surface area contributed by atoms with E-state index in [4.69, 9.17) is 17.3 Å². The first kappa shape index (κ1) is 10.3. The van der Waals surface area contributed by atoms with Crippen molar-refractivity contribution in [2.45, 2.75) is 30.4 Å². The second-order valence-electron chi connectivity index (χ2n) is 3.77. The van der Waals surface area contributed by atoms with E-state index in [0.717, 1.165) is 17.2 Å². The number of hydrogen-bond acceptors (Lipinski definition) is 2. The standard InChI is InChI=1S/C11H14ClNS/c1-7-5-11(13)8-3-2-4-10(12)9(8)6-14-7/h2-4,7,11H,5-6,13H2,1H3/t7?,11-/m0/s1. The van der Waals surface area contributed by atoms with Gasteiger partial charge in [0.05, 0.1) is 0 Å². The van der Waals surface area contributed by atoms with Gasteiger partial charge >= 0.3 is 0 Å². The van der Waals surface area contributed by atoms with Crippen molar-refractivity contribution >= 4 is 23.4 Å². The van der Waals surface area contributed by atoms with Crippen LogP contribution in [0.2, 0.25) is 5.02 Å². The summed E-state index contributed by atoms with van der Waals surface area (Å²) < 4.78 is 0.